The Kier molecular flexibility index (Phi) is 4.95. The number of aromatic carboxylic acids is 1. The maximum atomic E-state index is 12.9. The second kappa shape index (κ2) is 6.74. The summed E-state index contributed by atoms with van der Waals surface area (Å²) in [6.45, 7) is 3.23. The van der Waals surface area contributed by atoms with Crippen molar-refractivity contribution in [3.05, 3.63) is 50.3 Å². The summed E-state index contributed by atoms with van der Waals surface area (Å²) in [6.07, 6.45) is 0.314. The van der Waals surface area contributed by atoms with Gasteiger partial charge >= 0.3 is 10.8 Å². The molecule has 2 N–H and O–H groups in total. The fraction of sp³-hybridized carbons (Fsp3) is 0.267. The van der Waals surface area contributed by atoms with Gasteiger partial charge in [-0.05, 0) is 37.6 Å². The fourth-order valence-electron chi connectivity index (χ4n) is 2.20. The van der Waals surface area contributed by atoms with Crippen LogP contribution in [0.15, 0.2) is 29.1 Å². The molecular formula is C15H15FN2O4S. The first-order valence-electron chi connectivity index (χ1n) is 6.89. The smallest absolute Gasteiger partial charge is 0.347 e. The number of amides is 1. The Bertz CT molecular complexity index is 795. The van der Waals surface area contributed by atoms with Crippen LogP contribution in [-0.4, -0.2) is 21.6 Å². The van der Waals surface area contributed by atoms with E-state index in [0.29, 0.717) is 29.1 Å². The molecule has 2 rings (SSSR count). The van der Waals surface area contributed by atoms with Crippen LogP contribution in [0, 0.1) is 5.82 Å². The Morgan fingerprint density at radius 1 is 1.35 bits per heavy atom. The molecule has 0 aliphatic rings. The number of carbonyl (C=O) groups is 2. The van der Waals surface area contributed by atoms with E-state index in [1.54, 1.807) is 6.92 Å². The summed E-state index contributed by atoms with van der Waals surface area (Å²) in [5.74, 6) is -2.10. The Labute approximate surface area is 135 Å². The van der Waals surface area contributed by atoms with Gasteiger partial charge in [-0.3, -0.25) is 14.2 Å². The molecule has 1 amide bonds. The number of rotatable bonds is 5. The number of nitrogens with one attached hydrogen (secondary N) is 1. The summed E-state index contributed by atoms with van der Waals surface area (Å²) in [5.41, 5.74) is 0.706. The van der Waals surface area contributed by atoms with Gasteiger partial charge in [0.1, 0.15) is 16.7 Å². The van der Waals surface area contributed by atoms with Gasteiger partial charge in [-0.25, -0.2) is 9.18 Å². The van der Waals surface area contributed by atoms with Gasteiger partial charge in [0.2, 0.25) is 5.91 Å². The van der Waals surface area contributed by atoms with Crippen LogP contribution in [0.3, 0.4) is 0 Å². The number of aromatic nitrogens is 1. The van der Waals surface area contributed by atoms with E-state index < -0.39 is 28.6 Å². The molecule has 0 saturated heterocycles. The van der Waals surface area contributed by atoms with Crippen molar-refractivity contribution < 1.29 is 19.1 Å². The lowest BCUT2D eigenvalue weighted by molar-refractivity contribution is -0.118. The number of nitrogens with zero attached hydrogens (tertiary/aromatic N) is 1. The normalized spacial score (nSPS) is 12.0. The molecule has 8 heteroatoms. The minimum absolute atomic E-state index is 0.0565. The largest absolute Gasteiger partial charge is 0.477 e. The van der Waals surface area contributed by atoms with Crippen LogP contribution >= 0.6 is 11.3 Å². The Morgan fingerprint density at radius 3 is 2.48 bits per heavy atom. The highest BCUT2D eigenvalue weighted by atomic mass is 32.1. The highest BCUT2D eigenvalue weighted by Gasteiger charge is 2.25. The standard InChI is InChI=1S/C15H15FN2O4S/c1-3-11-12(14(20)21)23-15(22)18(11)8(2)13(19)17-10-6-4-9(16)5-7-10/h4-8H,3H2,1-2H3,(H,17,19)(H,20,21). The van der Waals surface area contributed by atoms with Crippen LogP contribution in [0.4, 0.5) is 10.1 Å². The number of hydrogen-bond acceptors (Lipinski definition) is 4. The van der Waals surface area contributed by atoms with Crippen molar-refractivity contribution in [3.8, 4) is 0 Å². The van der Waals surface area contributed by atoms with E-state index in [2.05, 4.69) is 5.32 Å². The summed E-state index contributed by atoms with van der Waals surface area (Å²) in [4.78, 5) is 35.0. The Morgan fingerprint density at radius 2 is 1.96 bits per heavy atom. The second-order valence-corrected chi connectivity index (χ2v) is 5.81. The lowest BCUT2D eigenvalue weighted by Gasteiger charge is -2.16. The third kappa shape index (κ3) is 3.48. The number of anilines is 1. The monoisotopic (exact) mass is 338 g/mol. The van der Waals surface area contributed by atoms with E-state index in [0.717, 1.165) is 0 Å². The van der Waals surface area contributed by atoms with Crippen molar-refractivity contribution in [1.82, 2.24) is 4.57 Å². The molecule has 0 saturated carbocycles. The van der Waals surface area contributed by atoms with E-state index in [4.69, 9.17) is 5.11 Å². The summed E-state index contributed by atoms with van der Waals surface area (Å²) in [5, 5.41) is 11.7. The summed E-state index contributed by atoms with van der Waals surface area (Å²) >= 11 is 0.606. The molecule has 6 nitrogen and oxygen atoms in total. The van der Waals surface area contributed by atoms with Gasteiger partial charge in [0.05, 0.1) is 0 Å². The first kappa shape index (κ1) is 16.9. The zero-order chi connectivity index (χ0) is 17.1. The maximum Gasteiger partial charge on any atom is 0.347 e. The first-order valence-corrected chi connectivity index (χ1v) is 7.70. The number of benzene rings is 1. The third-order valence-corrected chi connectivity index (χ3v) is 4.33. The van der Waals surface area contributed by atoms with Crippen LogP contribution in [-0.2, 0) is 11.2 Å². The predicted octanol–water partition coefficient (Wildman–Crippen LogP) is 2.51. The highest BCUT2D eigenvalue weighted by molar-refractivity contribution is 7.11. The molecule has 1 atom stereocenters. The van der Waals surface area contributed by atoms with Crippen LogP contribution in [0.5, 0.6) is 0 Å². The van der Waals surface area contributed by atoms with E-state index in [-0.39, 0.29) is 4.88 Å². The highest BCUT2D eigenvalue weighted by Crippen LogP contribution is 2.19. The van der Waals surface area contributed by atoms with Crippen LogP contribution in [0.1, 0.15) is 35.3 Å². The zero-order valence-corrected chi connectivity index (χ0v) is 13.3. The van der Waals surface area contributed by atoms with Gasteiger partial charge in [0, 0.05) is 11.4 Å². The Balaban J connectivity index is 2.31. The minimum Gasteiger partial charge on any atom is -0.477 e. The quantitative estimate of drug-likeness (QED) is 0.877. The topological polar surface area (TPSA) is 88.4 Å². The van der Waals surface area contributed by atoms with E-state index >= 15 is 0 Å². The van der Waals surface area contributed by atoms with Gasteiger partial charge in [-0.2, -0.15) is 0 Å². The number of hydrogen-bond donors (Lipinski definition) is 2. The lowest BCUT2D eigenvalue weighted by Crippen LogP contribution is -2.30. The van der Waals surface area contributed by atoms with E-state index in [1.807, 2.05) is 0 Å². The second-order valence-electron chi connectivity index (χ2n) is 4.84. The number of carbonyl (C=O) groups excluding carboxylic acids is 1. The first-order chi connectivity index (χ1) is 10.8. The third-order valence-electron chi connectivity index (χ3n) is 3.35. The molecule has 0 spiro atoms. The molecule has 0 aliphatic heterocycles. The summed E-state index contributed by atoms with van der Waals surface area (Å²) in [7, 11) is 0. The lowest BCUT2D eigenvalue weighted by atomic mass is 10.2. The molecule has 0 fully saturated rings. The molecule has 0 aliphatic carbocycles. The summed E-state index contributed by atoms with van der Waals surface area (Å²) < 4.78 is 14.1. The van der Waals surface area contributed by atoms with Crippen molar-refractivity contribution >= 4 is 28.9 Å². The van der Waals surface area contributed by atoms with Gasteiger partial charge in [-0.15, -0.1) is 0 Å². The molecule has 1 aromatic carbocycles. The van der Waals surface area contributed by atoms with Gasteiger partial charge in [0.15, 0.2) is 0 Å². The van der Waals surface area contributed by atoms with Gasteiger partial charge in [0.25, 0.3) is 0 Å². The van der Waals surface area contributed by atoms with Gasteiger partial charge < -0.3 is 10.4 Å². The number of carboxylic acids is 1. The van der Waals surface area contributed by atoms with E-state index in [1.165, 1.54) is 35.8 Å². The maximum absolute atomic E-state index is 12.9. The van der Waals surface area contributed by atoms with Crippen LogP contribution in [0.2, 0.25) is 0 Å². The molecule has 0 bridgehead atoms. The molecule has 122 valence electrons. The number of halogens is 1. The Hall–Kier alpha value is -2.48. The number of carboxylic acid groups (broad SMARTS) is 1. The summed E-state index contributed by atoms with van der Waals surface area (Å²) in [6, 6.07) is 4.33. The minimum atomic E-state index is -1.19. The zero-order valence-electron chi connectivity index (χ0n) is 12.5. The SMILES string of the molecule is CCc1c(C(=O)O)sc(=O)n1C(C)C(=O)Nc1ccc(F)cc1. The molecule has 0 radical (unpaired) electrons. The molecule has 1 unspecified atom stereocenters. The molecule has 1 heterocycles. The van der Waals surface area contributed by atoms with Gasteiger partial charge in [-0.1, -0.05) is 18.3 Å². The van der Waals surface area contributed by atoms with Crippen LogP contribution < -0.4 is 10.2 Å². The van der Waals surface area contributed by atoms with Crippen molar-refractivity contribution in [1.29, 1.82) is 0 Å². The van der Waals surface area contributed by atoms with Crippen molar-refractivity contribution in [2.24, 2.45) is 0 Å². The van der Waals surface area contributed by atoms with Crippen molar-refractivity contribution in [2.75, 3.05) is 5.32 Å². The predicted molar refractivity (Wildman–Crippen MR) is 84.7 cm³/mol. The van der Waals surface area contributed by atoms with Crippen LogP contribution in [0.25, 0.3) is 0 Å². The molecular weight excluding hydrogens is 323 g/mol. The molecule has 1 aromatic heterocycles. The molecule has 2 aromatic rings. The van der Waals surface area contributed by atoms with Crippen molar-refractivity contribution in [3.63, 3.8) is 0 Å². The van der Waals surface area contributed by atoms with Crippen molar-refractivity contribution in [2.45, 2.75) is 26.3 Å². The average molecular weight is 338 g/mol. The fourth-order valence-corrected chi connectivity index (χ4v) is 3.19. The number of thiazole rings is 1. The average Bonchev–Trinajstić information content (AvgIpc) is 2.85. The van der Waals surface area contributed by atoms with E-state index in [9.17, 15) is 18.8 Å². The molecule has 23 heavy (non-hydrogen) atoms.